The average Bonchev–Trinajstić information content (AvgIpc) is 2.29. The fourth-order valence-electron chi connectivity index (χ4n) is 2.10. The summed E-state index contributed by atoms with van der Waals surface area (Å²) in [5.74, 6) is 0. The van der Waals surface area contributed by atoms with Crippen LogP contribution in [0.15, 0.2) is 23.1 Å². The lowest BCUT2D eigenvalue weighted by molar-refractivity contribution is 0.373. The minimum Gasteiger partial charge on any atom is -0.382 e. The molecule has 0 atom stereocenters. The standard InChI is InChI=1S/C12H19N3O2S/c1-8-3-4-10(15-11-5-9(13)6-11)7-12(8)18(16,17)14-2/h3-4,7,9,11,14-15H,5-6,13H2,1-2H3. The van der Waals surface area contributed by atoms with Crippen LogP contribution in [-0.4, -0.2) is 27.5 Å². The highest BCUT2D eigenvalue weighted by Crippen LogP contribution is 2.25. The van der Waals surface area contributed by atoms with Crippen molar-refractivity contribution in [2.75, 3.05) is 12.4 Å². The molecule has 0 aromatic heterocycles. The van der Waals surface area contributed by atoms with Crippen LogP contribution < -0.4 is 15.8 Å². The van der Waals surface area contributed by atoms with Gasteiger partial charge in [-0.2, -0.15) is 0 Å². The van der Waals surface area contributed by atoms with Crippen molar-refractivity contribution < 1.29 is 8.42 Å². The first kappa shape index (κ1) is 13.3. The molecule has 2 rings (SSSR count). The molecule has 18 heavy (non-hydrogen) atoms. The van der Waals surface area contributed by atoms with Crippen LogP contribution in [0.5, 0.6) is 0 Å². The van der Waals surface area contributed by atoms with Crippen LogP contribution in [0.4, 0.5) is 5.69 Å². The lowest BCUT2D eigenvalue weighted by atomic mass is 9.87. The molecule has 100 valence electrons. The quantitative estimate of drug-likeness (QED) is 0.755. The Kier molecular flexibility index (Phi) is 3.61. The number of aryl methyl sites for hydroxylation is 1. The lowest BCUT2D eigenvalue weighted by Gasteiger charge is -2.34. The highest BCUT2D eigenvalue weighted by atomic mass is 32.2. The molecule has 0 spiro atoms. The number of nitrogens with one attached hydrogen (secondary N) is 2. The summed E-state index contributed by atoms with van der Waals surface area (Å²) in [5.41, 5.74) is 7.28. The molecule has 1 aromatic rings. The van der Waals surface area contributed by atoms with E-state index in [2.05, 4.69) is 10.0 Å². The van der Waals surface area contributed by atoms with Crippen molar-refractivity contribution in [3.63, 3.8) is 0 Å². The van der Waals surface area contributed by atoms with Crippen LogP contribution in [0.3, 0.4) is 0 Å². The molecule has 0 heterocycles. The number of rotatable bonds is 4. The molecule has 1 aromatic carbocycles. The van der Waals surface area contributed by atoms with Crippen molar-refractivity contribution >= 4 is 15.7 Å². The summed E-state index contributed by atoms with van der Waals surface area (Å²) in [6.45, 7) is 1.78. The van der Waals surface area contributed by atoms with Crippen LogP contribution in [0, 0.1) is 6.92 Å². The lowest BCUT2D eigenvalue weighted by Crippen LogP contribution is -2.44. The summed E-state index contributed by atoms with van der Waals surface area (Å²) in [6, 6.07) is 6.01. The summed E-state index contributed by atoms with van der Waals surface area (Å²) in [4.78, 5) is 0.318. The summed E-state index contributed by atoms with van der Waals surface area (Å²) in [6.07, 6.45) is 1.87. The van der Waals surface area contributed by atoms with E-state index in [4.69, 9.17) is 5.73 Å². The van der Waals surface area contributed by atoms with Gasteiger partial charge in [0.2, 0.25) is 10.0 Å². The van der Waals surface area contributed by atoms with Crippen LogP contribution in [0.2, 0.25) is 0 Å². The first-order chi connectivity index (χ1) is 8.42. The molecule has 0 bridgehead atoms. The van der Waals surface area contributed by atoms with E-state index in [0.29, 0.717) is 10.9 Å². The molecule has 1 aliphatic rings. The summed E-state index contributed by atoms with van der Waals surface area (Å²) in [5, 5.41) is 3.30. The second-order valence-corrected chi connectivity index (χ2v) is 6.62. The van der Waals surface area contributed by atoms with Gasteiger partial charge in [0.25, 0.3) is 0 Å². The molecule has 6 heteroatoms. The molecular weight excluding hydrogens is 250 g/mol. The molecule has 5 nitrogen and oxygen atoms in total. The largest absolute Gasteiger partial charge is 0.382 e. The van der Waals surface area contributed by atoms with Gasteiger partial charge in [-0.05, 0) is 44.5 Å². The first-order valence-corrected chi connectivity index (χ1v) is 7.47. The normalized spacial score (nSPS) is 23.5. The van der Waals surface area contributed by atoms with E-state index in [0.717, 1.165) is 24.1 Å². The molecule has 0 radical (unpaired) electrons. The van der Waals surface area contributed by atoms with Gasteiger partial charge >= 0.3 is 0 Å². The molecule has 0 aliphatic heterocycles. The SMILES string of the molecule is CNS(=O)(=O)c1cc(NC2CC(N)C2)ccc1C. The van der Waals surface area contributed by atoms with E-state index in [9.17, 15) is 8.42 Å². The van der Waals surface area contributed by atoms with Crippen molar-refractivity contribution in [3.05, 3.63) is 23.8 Å². The van der Waals surface area contributed by atoms with Gasteiger partial charge in [-0.1, -0.05) is 6.07 Å². The number of anilines is 1. The zero-order chi connectivity index (χ0) is 13.3. The van der Waals surface area contributed by atoms with Crippen molar-refractivity contribution in [2.45, 2.75) is 36.7 Å². The van der Waals surface area contributed by atoms with Gasteiger partial charge < -0.3 is 11.1 Å². The zero-order valence-corrected chi connectivity index (χ0v) is 11.4. The van der Waals surface area contributed by atoms with E-state index in [1.165, 1.54) is 7.05 Å². The fourth-order valence-corrected chi connectivity index (χ4v) is 3.10. The Bertz CT molecular complexity index is 536. The Morgan fingerprint density at radius 1 is 1.33 bits per heavy atom. The predicted octanol–water partition coefficient (Wildman–Crippen LogP) is 0.805. The minimum absolute atomic E-state index is 0.272. The predicted molar refractivity (Wildman–Crippen MR) is 72.0 cm³/mol. The van der Waals surface area contributed by atoms with E-state index >= 15 is 0 Å². The van der Waals surface area contributed by atoms with Crippen molar-refractivity contribution in [1.29, 1.82) is 0 Å². The molecular formula is C12H19N3O2S. The van der Waals surface area contributed by atoms with Gasteiger partial charge in [0, 0.05) is 17.8 Å². The Labute approximate surface area is 108 Å². The molecule has 0 saturated heterocycles. The third-order valence-electron chi connectivity index (χ3n) is 3.29. The molecule has 1 aliphatic carbocycles. The first-order valence-electron chi connectivity index (χ1n) is 5.98. The van der Waals surface area contributed by atoms with Crippen molar-refractivity contribution in [1.82, 2.24) is 4.72 Å². The maximum Gasteiger partial charge on any atom is 0.240 e. The third-order valence-corrected chi connectivity index (χ3v) is 4.85. The Morgan fingerprint density at radius 3 is 2.56 bits per heavy atom. The number of hydrogen-bond donors (Lipinski definition) is 3. The Balaban J connectivity index is 2.21. The third kappa shape index (κ3) is 2.66. The smallest absolute Gasteiger partial charge is 0.240 e. The van der Waals surface area contributed by atoms with Gasteiger partial charge in [-0.15, -0.1) is 0 Å². The van der Waals surface area contributed by atoms with E-state index in [-0.39, 0.29) is 6.04 Å². The Morgan fingerprint density at radius 2 is 2.00 bits per heavy atom. The zero-order valence-electron chi connectivity index (χ0n) is 10.6. The maximum absolute atomic E-state index is 11.8. The van der Waals surface area contributed by atoms with E-state index < -0.39 is 10.0 Å². The summed E-state index contributed by atoms with van der Waals surface area (Å²) in [7, 11) is -1.98. The van der Waals surface area contributed by atoms with Gasteiger partial charge in [0.15, 0.2) is 0 Å². The maximum atomic E-state index is 11.8. The summed E-state index contributed by atoms with van der Waals surface area (Å²) >= 11 is 0. The van der Waals surface area contributed by atoms with Crippen LogP contribution in [0.1, 0.15) is 18.4 Å². The molecule has 4 N–H and O–H groups in total. The molecule has 0 unspecified atom stereocenters. The number of hydrogen-bond acceptors (Lipinski definition) is 4. The van der Waals surface area contributed by atoms with Gasteiger partial charge in [0.1, 0.15) is 0 Å². The highest BCUT2D eigenvalue weighted by molar-refractivity contribution is 7.89. The number of sulfonamides is 1. The van der Waals surface area contributed by atoms with Crippen LogP contribution in [0.25, 0.3) is 0 Å². The Hall–Kier alpha value is -1.11. The highest BCUT2D eigenvalue weighted by Gasteiger charge is 2.26. The topological polar surface area (TPSA) is 84.2 Å². The molecule has 1 saturated carbocycles. The van der Waals surface area contributed by atoms with E-state index in [1.54, 1.807) is 13.0 Å². The van der Waals surface area contributed by atoms with Crippen LogP contribution >= 0.6 is 0 Å². The number of benzene rings is 1. The van der Waals surface area contributed by atoms with Crippen LogP contribution in [-0.2, 0) is 10.0 Å². The average molecular weight is 269 g/mol. The van der Waals surface area contributed by atoms with Gasteiger partial charge in [-0.25, -0.2) is 13.1 Å². The second-order valence-electron chi connectivity index (χ2n) is 4.76. The van der Waals surface area contributed by atoms with E-state index in [1.807, 2.05) is 12.1 Å². The van der Waals surface area contributed by atoms with Crippen molar-refractivity contribution in [2.24, 2.45) is 5.73 Å². The fraction of sp³-hybridized carbons (Fsp3) is 0.500. The van der Waals surface area contributed by atoms with Crippen molar-refractivity contribution in [3.8, 4) is 0 Å². The van der Waals surface area contributed by atoms with Gasteiger partial charge in [-0.3, -0.25) is 0 Å². The second kappa shape index (κ2) is 4.87. The molecule has 0 amide bonds. The summed E-state index contributed by atoms with van der Waals surface area (Å²) < 4.78 is 26.0. The monoisotopic (exact) mass is 269 g/mol. The van der Waals surface area contributed by atoms with Gasteiger partial charge in [0.05, 0.1) is 4.90 Å². The minimum atomic E-state index is -3.40. The number of nitrogens with two attached hydrogens (primary N) is 1. The molecule has 1 fully saturated rings.